The molecule has 0 saturated heterocycles. The zero-order valence-corrected chi connectivity index (χ0v) is 63.9. The number of esters is 2. The lowest BCUT2D eigenvalue weighted by atomic mass is 10.1. The van der Waals surface area contributed by atoms with E-state index in [0.29, 0.717) is 23.9 Å². The van der Waals surface area contributed by atoms with Crippen LogP contribution in [0.25, 0.3) is 0 Å². The van der Waals surface area contributed by atoms with Crippen molar-refractivity contribution in [2.24, 2.45) is 0 Å². The summed E-state index contributed by atoms with van der Waals surface area (Å²) < 4.78 is 22.9. The van der Waals surface area contributed by atoms with Crippen LogP contribution >= 0.6 is 0 Å². The van der Waals surface area contributed by atoms with E-state index in [2.05, 4.69) is 269 Å². The molecular weight excluding hydrogens is 1250 g/mol. The first kappa shape index (κ1) is 93.8. The van der Waals surface area contributed by atoms with Crippen molar-refractivity contribution < 1.29 is 42.9 Å². The second-order valence-corrected chi connectivity index (χ2v) is 25.8. The monoisotopic (exact) mass is 1390 g/mol. The molecule has 0 bridgehead atoms. The summed E-state index contributed by atoms with van der Waals surface area (Å²) in [5.74, 6) is -2.09. The molecule has 0 fully saturated rings. The average molecular weight is 1390 g/mol. The van der Waals surface area contributed by atoms with Crippen LogP contribution in [0.2, 0.25) is 0 Å². The van der Waals surface area contributed by atoms with Gasteiger partial charge in [0, 0.05) is 12.8 Å². The summed E-state index contributed by atoms with van der Waals surface area (Å²) in [4.78, 5) is 37.7. The minimum atomic E-state index is -1.54. The SMILES string of the molecule is CC/C=C\C/C=C\C/C=C\C/C=C\C/C=C\C/C=C\C/C=C\C/C=C\C/C=C\C/C=C\C/C=C\CCCCCCCCCC(=O)OC(COC(=O)CCCCCC/C=C\C/C=C\C/C=C\C/C=C\C/C=C\C/C=C\C/C=C\C/C=C\C/C=C\C/C=C\CC)COC(OCC[N+](C)(C)C)C(=O)O. The molecule has 9 nitrogen and oxygen atoms in total. The second-order valence-electron chi connectivity index (χ2n) is 25.8. The third-order valence-electron chi connectivity index (χ3n) is 15.3. The van der Waals surface area contributed by atoms with E-state index in [0.717, 1.165) is 193 Å². The first-order valence-corrected chi connectivity index (χ1v) is 38.8. The van der Waals surface area contributed by atoms with Gasteiger partial charge in [0.05, 0.1) is 34.4 Å². The molecule has 0 heterocycles. The van der Waals surface area contributed by atoms with Crippen molar-refractivity contribution in [2.45, 2.75) is 257 Å². The molecule has 0 aromatic carbocycles. The molecule has 0 aliphatic carbocycles. The third kappa shape index (κ3) is 80.0. The van der Waals surface area contributed by atoms with E-state index < -0.39 is 24.3 Å². The predicted octanol–water partition coefficient (Wildman–Crippen LogP) is 25.4. The summed E-state index contributed by atoms with van der Waals surface area (Å²) in [6.07, 6.45) is 125. The van der Waals surface area contributed by atoms with Crippen LogP contribution < -0.4 is 0 Å². The fourth-order valence-corrected chi connectivity index (χ4v) is 9.46. The van der Waals surface area contributed by atoms with Crippen molar-refractivity contribution in [1.29, 1.82) is 0 Å². The number of carbonyl (C=O) groups is 3. The number of ether oxygens (including phenoxy) is 4. The van der Waals surface area contributed by atoms with Crippen LogP contribution in [0.15, 0.2) is 255 Å². The Kier molecular flexibility index (Phi) is 73.0. The Morgan fingerprint density at radius 3 is 0.792 bits per heavy atom. The molecule has 9 heteroatoms. The fraction of sp³-hybridized carbons (Fsp3) is 0.511. The molecule has 1 N–H and O–H groups in total. The number of likely N-dealkylation sites (N-methyl/N-ethyl adjacent to an activating group) is 1. The molecule has 560 valence electrons. The van der Waals surface area contributed by atoms with Gasteiger partial charge in [-0.3, -0.25) is 9.59 Å². The summed E-state index contributed by atoms with van der Waals surface area (Å²) in [5, 5.41) is 9.77. The van der Waals surface area contributed by atoms with Crippen molar-refractivity contribution in [3.8, 4) is 0 Å². The van der Waals surface area contributed by atoms with E-state index in [-0.39, 0.29) is 38.6 Å². The van der Waals surface area contributed by atoms with Crippen LogP contribution in [-0.4, -0.2) is 87.4 Å². The maximum absolute atomic E-state index is 13.0. The zero-order chi connectivity index (χ0) is 73.2. The van der Waals surface area contributed by atoms with Crippen LogP contribution in [-0.2, 0) is 33.3 Å². The first-order chi connectivity index (χ1) is 49.6. The summed E-state index contributed by atoms with van der Waals surface area (Å²) in [6.45, 7) is 4.57. The van der Waals surface area contributed by atoms with Gasteiger partial charge in [0.1, 0.15) is 13.2 Å². The lowest BCUT2D eigenvalue weighted by molar-refractivity contribution is -0.870. The number of rotatable bonds is 68. The van der Waals surface area contributed by atoms with E-state index in [4.69, 9.17) is 18.9 Å². The molecule has 0 aliphatic rings. The topological polar surface area (TPSA) is 108 Å². The number of nitrogens with zero attached hydrogens (tertiary/aromatic N) is 1. The third-order valence-corrected chi connectivity index (χ3v) is 15.3. The Balaban J connectivity index is 4.26. The average Bonchev–Trinajstić information content (AvgIpc) is 1.21. The highest BCUT2D eigenvalue weighted by Crippen LogP contribution is 2.14. The summed E-state index contributed by atoms with van der Waals surface area (Å²) in [5.41, 5.74) is 0. The van der Waals surface area contributed by atoms with Gasteiger partial charge in [-0.15, -0.1) is 0 Å². The first-order valence-electron chi connectivity index (χ1n) is 38.8. The van der Waals surface area contributed by atoms with Gasteiger partial charge < -0.3 is 28.5 Å². The van der Waals surface area contributed by atoms with Gasteiger partial charge in [0.25, 0.3) is 6.29 Å². The van der Waals surface area contributed by atoms with Crippen LogP contribution in [0.1, 0.15) is 245 Å². The van der Waals surface area contributed by atoms with Crippen molar-refractivity contribution in [1.82, 2.24) is 0 Å². The number of carboxylic acid groups (broad SMARTS) is 1. The second kappa shape index (κ2) is 78.5. The van der Waals surface area contributed by atoms with Crippen molar-refractivity contribution in [3.63, 3.8) is 0 Å². The molecule has 0 spiro atoms. The lowest BCUT2D eigenvalue weighted by Gasteiger charge is -2.25. The number of carbonyl (C=O) groups excluding carboxylic acids is 2. The van der Waals surface area contributed by atoms with Gasteiger partial charge in [-0.2, -0.15) is 0 Å². The van der Waals surface area contributed by atoms with Crippen molar-refractivity contribution in [3.05, 3.63) is 255 Å². The number of unbranched alkanes of at least 4 members (excludes halogenated alkanes) is 11. The molecule has 0 aliphatic heterocycles. The van der Waals surface area contributed by atoms with E-state index in [1.807, 2.05) is 21.1 Å². The van der Waals surface area contributed by atoms with Crippen LogP contribution in [0.3, 0.4) is 0 Å². The quantitative estimate of drug-likeness (QED) is 0.0211. The van der Waals surface area contributed by atoms with Gasteiger partial charge >= 0.3 is 17.9 Å². The highest BCUT2D eigenvalue weighted by molar-refractivity contribution is 5.71. The standard InChI is InChI=1S/C92H139NO8/c1-6-8-10-12-14-16-18-20-22-24-26-28-30-32-34-36-38-40-42-43-44-45-46-47-49-51-53-55-57-59-61-63-65-67-69-71-73-75-77-79-81-83-90(95)101-88(87-100-92(91(96)97)98-85-84-93(3,4)5)86-99-89(94)82-80-78-76-74-72-70-68-66-64-62-60-58-56-54-52-50-48-41-39-37-35-33-31-29-27-25-23-21-19-17-15-13-11-9-7-2/h8-11,14-17,20-23,26-29,32-35,38-41,43-44,46-47,50-53,56-59,62-65,68,70,88,92H,6-7,12-13,18-19,24-25,30-31,36-37,42,45,48-49,54-55,60-61,66-67,69,71-87H2,1-5H3/p+1/b10-8-,11-9-,16-14-,17-15-,22-20-,23-21-,28-26-,29-27-,34-32-,35-33-,40-38-,41-39-,44-43-,47-46-,52-50-,53-51-,58-56-,59-57-,64-62-,65-63-,70-68-. The van der Waals surface area contributed by atoms with E-state index in [1.165, 1.54) is 12.8 Å². The number of allylic oxidation sites excluding steroid dienone is 42. The zero-order valence-electron chi connectivity index (χ0n) is 63.9. The Hall–Kier alpha value is -7.17. The smallest absolute Gasteiger partial charge is 0.361 e. The van der Waals surface area contributed by atoms with Gasteiger partial charge in [0.15, 0.2) is 6.10 Å². The van der Waals surface area contributed by atoms with E-state index in [1.54, 1.807) is 0 Å². The maximum Gasteiger partial charge on any atom is 0.361 e. The Morgan fingerprint density at radius 2 is 0.535 bits per heavy atom. The number of aliphatic carboxylic acids is 1. The summed E-state index contributed by atoms with van der Waals surface area (Å²) >= 11 is 0. The molecule has 0 aromatic rings. The minimum absolute atomic E-state index is 0.166. The van der Waals surface area contributed by atoms with Crippen molar-refractivity contribution in [2.75, 3.05) is 47.5 Å². The summed E-state index contributed by atoms with van der Waals surface area (Å²) in [6, 6.07) is 0. The van der Waals surface area contributed by atoms with Crippen molar-refractivity contribution >= 4 is 17.9 Å². The van der Waals surface area contributed by atoms with E-state index >= 15 is 0 Å². The molecule has 0 saturated carbocycles. The molecule has 0 aromatic heterocycles. The van der Waals surface area contributed by atoms with E-state index in [9.17, 15) is 19.5 Å². The Labute approximate surface area is 617 Å². The Bertz CT molecular complexity index is 2620. The molecule has 0 rings (SSSR count). The van der Waals surface area contributed by atoms with Crippen LogP contribution in [0.5, 0.6) is 0 Å². The highest BCUT2D eigenvalue weighted by Gasteiger charge is 2.25. The normalized spacial score (nSPS) is 14.1. The number of hydrogen-bond acceptors (Lipinski definition) is 7. The number of hydrogen-bond donors (Lipinski definition) is 1. The van der Waals surface area contributed by atoms with Gasteiger partial charge in [0.2, 0.25) is 0 Å². The molecule has 2 unspecified atom stereocenters. The minimum Gasteiger partial charge on any atom is -0.477 e. The number of quaternary nitrogens is 1. The molecule has 0 radical (unpaired) electrons. The Morgan fingerprint density at radius 1 is 0.297 bits per heavy atom. The maximum atomic E-state index is 13.0. The van der Waals surface area contributed by atoms with Gasteiger partial charge in [-0.05, 0) is 173 Å². The van der Waals surface area contributed by atoms with Crippen LogP contribution in [0.4, 0.5) is 0 Å². The molecule has 2 atom stereocenters. The predicted molar refractivity (Wildman–Crippen MR) is 437 cm³/mol. The van der Waals surface area contributed by atoms with Crippen LogP contribution in [0, 0.1) is 0 Å². The molecule has 101 heavy (non-hydrogen) atoms. The lowest BCUT2D eigenvalue weighted by Crippen LogP contribution is -2.40. The largest absolute Gasteiger partial charge is 0.477 e. The highest BCUT2D eigenvalue weighted by atomic mass is 16.7. The van der Waals surface area contributed by atoms with Gasteiger partial charge in [-0.25, -0.2) is 4.79 Å². The fourth-order valence-electron chi connectivity index (χ4n) is 9.46. The summed E-state index contributed by atoms with van der Waals surface area (Å²) in [7, 11) is 5.95. The van der Waals surface area contributed by atoms with Gasteiger partial charge in [-0.1, -0.05) is 314 Å². The number of carboxylic acids is 1. The molecule has 0 amide bonds. The molecular formula is C92H140NO8+.